The first-order valence-corrected chi connectivity index (χ1v) is 10.4. The molecule has 2 atom stereocenters. The lowest BCUT2D eigenvalue weighted by Gasteiger charge is -2.46. The molecule has 8 nitrogen and oxygen atoms in total. The molecule has 3 fully saturated rings. The van der Waals surface area contributed by atoms with E-state index >= 15 is 0 Å². The van der Waals surface area contributed by atoms with Gasteiger partial charge in [-0.3, -0.25) is 4.79 Å². The first-order valence-electron chi connectivity index (χ1n) is 8.58. The zero-order valence-corrected chi connectivity index (χ0v) is 15.3. The van der Waals surface area contributed by atoms with Crippen molar-refractivity contribution < 1.29 is 13.2 Å². The minimum Gasteiger partial charge on any atom is -0.340 e. The van der Waals surface area contributed by atoms with E-state index in [0.29, 0.717) is 38.4 Å². The molecule has 25 heavy (non-hydrogen) atoms. The standard InChI is InChI=1S/C16H23N5O3S/c1-19-14(22)12-10-20(15-17-6-3-7-18-15)11-13(12)16(19)4-8-21(9-5-16)25(2,23)24/h3,6-7,12-13H,4-5,8-11H2,1-2H3/t12-,13+/m1/s1. The van der Waals surface area contributed by atoms with Crippen molar-refractivity contribution in [1.29, 1.82) is 0 Å². The topological polar surface area (TPSA) is 86.7 Å². The Morgan fingerprint density at radius 1 is 1.16 bits per heavy atom. The van der Waals surface area contributed by atoms with Crippen molar-refractivity contribution in [1.82, 2.24) is 19.2 Å². The third kappa shape index (κ3) is 2.52. The number of likely N-dealkylation sites (tertiary alicyclic amines) is 1. The molecule has 0 radical (unpaired) electrons. The summed E-state index contributed by atoms with van der Waals surface area (Å²) in [4.78, 5) is 25.4. The van der Waals surface area contributed by atoms with Crippen molar-refractivity contribution in [3.8, 4) is 0 Å². The van der Waals surface area contributed by atoms with Gasteiger partial charge in [-0.25, -0.2) is 22.7 Å². The van der Waals surface area contributed by atoms with E-state index in [2.05, 4.69) is 14.9 Å². The van der Waals surface area contributed by atoms with E-state index < -0.39 is 10.0 Å². The monoisotopic (exact) mass is 365 g/mol. The minimum absolute atomic E-state index is 0.0569. The molecule has 0 bridgehead atoms. The molecule has 3 aliphatic rings. The summed E-state index contributed by atoms with van der Waals surface area (Å²) in [6.45, 7) is 2.32. The lowest BCUT2D eigenvalue weighted by Crippen LogP contribution is -2.56. The first kappa shape index (κ1) is 16.7. The van der Waals surface area contributed by atoms with Gasteiger partial charge in [-0.1, -0.05) is 0 Å². The maximum Gasteiger partial charge on any atom is 0.228 e. The highest BCUT2D eigenvalue weighted by atomic mass is 32.2. The number of piperidine rings is 1. The smallest absolute Gasteiger partial charge is 0.228 e. The quantitative estimate of drug-likeness (QED) is 0.721. The molecular weight excluding hydrogens is 342 g/mol. The van der Waals surface area contributed by atoms with Gasteiger partial charge in [0.05, 0.1) is 17.7 Å². The molecule has 4 rings (SSSR count). The number of hydrogen-bond acceptors (Lipinski definition) is 6. The van der Waals surface area contributed by atoms with E-state index in [-0.39, 0.29) is 23.3 Å². The molecule has 0 unspecified atom stereocenters. The average Bonchev–Trinajstić information content (AvgIpc) is 3.12. The zero-order valence-electron chi connectivity index (χ0n) is 14.5. The van der Waals surface area contributed by atoms with Gasteiger partial charge >= 0.3 is 0 Å². The largest absolute Gasteiger partial charge is 0.340 e. The molecule has 3 aliphatic heterocycles. The molecule has 1 amide bonds. The van der Waals surface area contributed by atoms with Crippen LogP contribution in [-0.4, -0.2) is 78.5 Å². The molecule has 0 aromatic carbocycles. The molecule has 1 spiro atoms. The lowest BCUT2D eigenvalue weighted by atomic mass is 9.75. The second kappa shape index (κ2) is 5.63. The van der Waals surface area contributed by atoms with Crippen LogP contribution in [0.5, 0.6) is 0 Å². The van der Waals surface area contributed by atoms with Crippen LogP contribution >= 0.6 is 0 Å². The molecule has 4 heterocycles. The molecular formula is C16H23N5O3S. The van der Waals surface area contributed by atoms with Crippen molar-refractivity contribution in [3.05, 3.63) is 18.5 Å². The summed E-state index contributed by atoms with van der Waals surface area (Å²) in [6.07, 6.45) is 6.05. The highest BCUT2D eigenvalue weighted by Gasteiger charge is 2.61. The summed E-state index contributed by atoms with van der Waals surface area (Å²) in [5.41, 5.74) is -0.257. The van der Waals surface area contributed by atoms with Gasteiger partial charge in [0.2, 0.25) is 21.9 Å². The van der Waals surface area contributed by atoms with E-state index in [0.717, 1.165) is 6.54 Å². The number of carbonyl (C=O) groups is 1. The van der Waals surface area contributed by atoms with Crippen molar-refractivity contribution in [3.63, 3.8) is 0 Å². The molecule has 1 aromatic heterocycles. The van der Waals surface area contributed by atoms with Gasteiger partial charge in [0.25, 0.3) is 0 Å². The normalized spacial score (nSPS) is 29.4. The fourth-order valence-electron chi connectivity index (χ4n) is 4.84. The van der Waals surface area contributed by atoms with E-state index in [1.165, 1.54) is 10.6 Å². The van der Waals surface area contributed by atoms with Crippen molar-refractivity contribution in [2.45, 2.75) is 18.4 Å². The predicted octanol–water partition coefficient (Wildman–Crippen LogP) is -0.205. The number of carbonyl (C=O) groups excluding carboxylic acids is 1. The molecule has 1 aromatic rings. The number of fused-ring (bicyclic) bond motifs is 2. The van der Waals surface area contributed by atoms with Crippen LogP contribution in [0.25, 0.3) is 0 Å². The maximum absolute atomic E-state index is 12.8. The van der Waals surface area contributed by atoms with Gasteiger partial charge in [0.15, 0.2) is 0 Å². The first-order chi connectivity index (χ1) is 11.8. The fourth-order valence-corrected chi connectivity index (χ4v) is 5.69. The van der Waals surface area contributed by atoms with Crippen LogP contribution in [0.4, 0.5) is 5.95 Å². The highest BCUT2D eigenvalue weighted by molar-refractivity contribution is 7.88. The van der Waals surface area contributed by atoms with Gasteiger partial charge in [0, 0.05) is 51.5 Å². The summed E-state index contributed by atoms with van der Waals surface area (Å²) < 4.78 is 25.2. The Morgan fingerprint density at radius 2 is 1.80 bits per heavy atom. The molecule has 3 saturated heterocycles. The Balaban J connectivity index is 1.59. The molecule has 136 valence electrons. The van der Waals surface area contributed by atoms with Crippen molar-refractivity contribution in [2.24, 2.45) is 11.8 Å². The Labute approximate surface area is 147 Å². The van der Waals surface area contributed by atoms with Crippen LogP contribution in [0.2, 0.25) is 0 Å². The predicted molar refractivity (Wildman–Crippen MR) is 92.4 cm³/mol. The van der Waals surface area contributed by atoms with Gasteiger partial charge in [-0.05, 0) is 18.9 Å². The summed E-state index contributed by atoms with van der Waals surface area (Å²) in [5, 5.41) is 0. The Kier molecular flexibility index (Phi) is 3.77. The third-order valence-corrected chi connectivity index (χ3v) is 7.52. The molecule has 0 N–H and O–H groups in total. The van der Waals surface area contributed by atoms with E-state index in [4.69, 9.17) is 0 Å². The van der Waals surface area contributed by atoms with Gasteiger partial charge < -0.3 is 9.80 Å². The van der Waals surface area contributed by atoms with E-state index in [9.17, 15) is 13.2 Å². The van der Waals surface area contributed by atoms with Crippen LogP contribution in [0.15, 0.2) is 18.5 Å². The van der Waals surface area contributed by atoms with Crippen LogP contribution in [0.1, 0.15) is 12.8 Å². The zero-order chi connectivity index (χ0) is 17.8. The maximum atomic E-state index is 12.8. The summed E-state index contributed by atoms with van der Waals surface area (Å²) in [7, 11) is -1.30. The summed E-state index contributed by atoms with van der Waals surface area (Å²) in [6, 6.07) is 1.78. The Morgan fingerprint density at radius 3 is 2.40 bits per heavy atom. The molecule has 0 aliphatic carbocycles. The number of aromatic nitrogens is 2. The molecule has 9 heteroatoms. The Hall–Kier alpha value is -1.74. The number of sulfonamides is 1. The fraction of sp³-hybridized carbons (Fsp3) is 0.688. The number of rotatable bonds is 2. The highest BCUT2D eigenvalue weighted by Crippen LogP contribution is 2.49. The van der Waals surface area contributed by atoms with Crippen molar-refractivity contribution in [2.75, 3.05) is 44.4 Å². The minimum atomic E-state index is -3.18. The Bertz CT molecular complexity index is 776. The van der Waals surface area contributed by atoms with Gasteiger partial charge in [0.1, 0.15) is 0 Å². The number of anilines is 1. The average molecular weight is 365 g/mol. The second-order valence-electron chi connectivity index (χ2n) is 7.33. The van der Waals surface area contributed by atoms with Crippen molar-refractivity contribution >= 4 is 21.9 Å². The van der Waals surface area contributed by atoms with Crippen LogP contribution in [-0.2, 0) is 14.8 Å². The second-order valence-corrected chi connectivity index (χ2v) is 9.31. The van der Waals surface area contributed by atoms with E-state index in [1.807, 2.05) is 11.9 Å². The van der Waals surface area contributed by atoms with Gasteiger partial charge in [-0.15, -0.1) is 0 Å². The summed E-state index contributed by atoms with van der Waals surface area (Å²) >= 11 is 0. The van der Waals surface area contributed by atoms with Gasteiger partial charge in [-0.2, -0.15) is 0 Å². The number of amides is 1. The lowest BCUT2D eigenvalue weighted by molar-refractivity contribution is -0.132. The van der Waals surface area contributed by atoms with Crippen LogP contribution in [0, 0.1) is 11.8 Å². The summed E-state index contributed by atoms with van der Waals surface area (Å²) in [5.74, 6) is 0.960. The van der Waals surface area contributed by atoms with Crippen LogP contribution < -0.4 is 4.90 Å². The number of nitrogens with zero attached hydrogens (tertiary/aromatic N) is 5. The van der Waals surface area contributed by atoms with E-state index in [1.54, 1.807) is 18.5 Å². The molecule has 0 saturated carbocycles. The third-order valence-electron chi connectivity index (χ3n) is 6.22. The SMILES string of the molecule is CN1C(=O)[C@@H]2CN(c3ncccn3)C[C@@H]2C12CCN(S(C)(=O)=O)CC2. The number of hydrogen-bond donors (Lipinski definition) is 0. The van der Waals surface area contributed by atoms with Crippen LogP contribution in [0.3, 0.4) is 0 Å².